The normalized spacial score (nSPS) is 14.0. The molecule has 0 heterocycles. The van der Waals surface area contributed by atoms with Crippen LogP contribution >= 0.6 is 11.6 Å². The highest BCUT2D eigenvalue weighted by atomic mass is 35.5. The van der Waals surface area contributed by atoms with Crippen LogP contribution in [0, 0.1) is 0 Å². The number of hydrogen-bond donors (Lipinski definition) is 2. The van der Waals surface area contributed by atoms with Gasteiger partial charge in [-0.1, -0.05) is 54.8 Å². The van der Waals surface area contributed by atoms with E-state index in [1.54, 1.807) is 36.4 Å². The van der Waals surface area contributed by atoms with Crippen LogP contribution in [0.4, 0.5) is 5.69 Å². The molecule has 0 bridgehead atoms. The molecule has 1 fully saturated rings. The fourth-order valence-electron chi connectivity index (χ4n) is 3.94. The van der Waals surface area contributed by atoms with E-state index in [0.29, 0.717) is 22.0 Å². The number of sulfonamides is 1. The van der Waals surface area contributed by atoms with Crippen LogP contribution in [0.3, 0.4) is 0 Å². The summed E-state index contributed by atoms with van der Waals surface area (Å²) in [7, 11) is -3.60. The highest BCUT2D eigenvalue weighted by Gasteiger charge is 2.23. The van der Waals surface area contributed by atoms with E-state index in [0.717, 1.165) is 25.7 Å². The standard InChI is InChI=1S/C26H25ClN2O5S/c27-19-10-15-24(23(16-19)26(31)18-6-2-1-3-7-18)28-25(30)17-34-21-11-13-22(14-12-21)35(32,33)29-20-8-4-5-9-20/h1-3,6-7,10-16,20,29H,4-5,8-9,17H2,(H,28,30). The number of ether oxygens (including phenoxy) is 1. The van der Waals surface area contributed by atoms with Crippen molar-refractivity contribution in [1.29, 1.82) is 0 Å². The maximum atomic E-state index is 12.9. The van der Waals surface area contributed by atoms with Crippen molar-refractivity contribution in [3.63, 3.8) is 0 Å². The summed E-state index contributed by atoms with van der Waals surface area (Å²) in [6, 6.07) is 19.2. The maximum absolute atomic E-state index is 12.9. The molecule has 9 heteroatoms. The molecule has 4 rings (SSSR count). The van der Waals surface area contributed by atoms with Crippen LogP contribution in [-0.4, -0.2) is 32.8 Å². The van der Waals surface area contributed by atoms with E-state index in [1.165, 1.54) is 30.3 Å². The number of anilines is 1. The van der Waals surface area contributed by atoms with Gasteiger partial charge in [0, 0.05) is 22.2 Å². The summed E-state index contributed by atoms with van der Waals surface area (Å²) in [5.74, 6) is -0.405. The Morgan fingerprint density at radius 3 is 2.31 bits per heavy atom. The van der Waals surface area contributed by atoms with E-state index >= 15 is 0 Å². The molecule has 0 saturated heterocycles. The summed E-state index contributed by atoms with van der Waals surface area (Å²) in [6.07, 6.45) is 3.75. The van der Waals surface area contributed by atoms with Gasteiger partial charge in [-0.2, -0.15) is 0 Å². The molecular formula is C26H25ClN2O5S. The summed E-state index contributed by atoms with van der Waals surface area (Å²) in [4.78, 5) is 25.6. The Kier molecular flexibility index (Phi) is 7.85. The first kappa shape index (κ1) is 24.9. The lowest BCUT2D eigenvalue weighted by atomic mass is 10.0. The van der Waals surface area contributed by atoms with Crippen LogP contribution in [0.15, 0.2) is 77.7 Å². The van der Waals surface area contributed by atoms with Gasteiger partial charge in [-0.3, -0.25) is 9.59 Å². The fourth-order valence-corrected chi connectivity index (χ4v) is 5.42. The molecule has 0 atom stereocenters. The zero-order valence-corrected chi connectivity index (χ0v) is 20.4. The minimum atomic E-state index is -3.60. The monoisotopic (exact) mass is 512 g/mol. The number of nitrogens with one attached hydrogen (secondary N) is 2. The predicted octanol–water partition coefficient (Wildman–Crippen LogP) is 4.81. The molecule has 0 aromatic heterocycles. The topological polar surface area (TPSA) is 102 Å². The third kappa shape index (κ3) is 6.48. The molecule has 3 aromatic carbocycles. The molecule has 0 unspecified atom stereocenters. The van der Waals surface area contributed by atoms with Crippen molar-refractivity contribution in [1.82, 2.24) is 4.72 Å². The third-order valence-electron chi connectivity index (χ3n) is 5.72. The number of amides is 1. The Labute approximate surface area is 209 Å². The van der Waals surface area contributed by atoms with E-state index in [9.17, 15) is 18.0 Å². The molecule has 1 amide bonds. The summed E-state index contributed by atoms with van der Waals surface area (Å²) < 4.78 is 33.3. The smallest absolute Gasteiger partial charge is 0.262 e. The van der Waals surface area contributed by atoms with Gasteiger partial charge in [0.25, 0.3) is 5.91 Å². The number of hydrogen-bond acceptors (Lipinski definition) is 5. The van der Waals surface area contributed by atoms with Gasteiger partial charge < -0.3 is 10.1 Å². The van der Waals surface area contributed by atoms with E-state index in [1.807, 2.05) is 6.07 Å². The van der Waals surface area contributed by atoms with Crippen molar-refractivity contribution in [3.8, 4) is 5.75 Å². The Morgan fingerprint density at radius 1 is 0.943 bits per heavy atom. The molecular weight excluding hydrogens is 488 g/mol. The van der Waals surface area contributed by atoms with E-state index < -0.39 is 15.9 Å². The third-order valence-corrected chi connectivity index (χ3v) is 7.49. The molecule has 0 aliphatic heterocycles. The number of halogens is 1. The molecule has 1 saturated carbocycles. The first-order chi connectivity index (χ1) is 16.8. The fraction of sp³-hybridized carbons (Fsp3) is 0.231. The molecule has 3 aromatic rings. The van der Waals surface area contributed by atoms with Crippen LogP contribution in [0.2, 0.25) is 5.02 Å². The molecule has 182 valence electrons. The van der Waals surface area contributed by atoms with E-state index in [2.05, 4.69) is 10.0 Å². The minimum Gasteiger partial charge on any atom is -0.484 e. The highest BCUT2D eigenvalue weighted by molar-refractivity contribution is 7.89. The van der Waals surface area contributed by atoms with Gasteiger partial charge in [0.1, 0.15) is 5.75 Å². The molecule has 1 aliphatic rings. The second-order valence-corrected chi connectivity index (χ2v) is 10.4. The predicted molar refractivity (Wildman–Crippen MR) is 134 cm³/mol. The van der Waals surface area contributed by atoms with Gasteiger partial charge in [-0.15, -0.1) is 0 Å². The Morgan fingerprint density at radius 2 is 1.63 bits per heavy atom. The van der Waals surface area contributed by atoms with Crippen molar-refractivity contribution in [2.75, 3.05) is 11.9 Å². The van der Waals surface area contributed by atoms with Crippen molar-refractivity contribution >= 4 is 39.0 Å². The van der Waals surface area contributed by atoms with Crippen LogP contribution < -0.4 is 14.8 Å². The van der Waals surface area contributed by atoms with Gasteiger partial charge in [0.05, 0.1) is 10.6 Å². The summed E-state index contributed by atoms with van der Waals surface area (Å²) in [5.41, 5.74) is 1.05. The lowest BCUT2D eigenvalue weighted by Gasteiger charge is -2.13. The van der Waals surface area contributed by atoms with Crippen LogP contribution in [0.1, 0.15) is 41.6 Å². The summed E-state index contributed by atoms with van der Waals surface area (Å²) >= 11 is 6.08. The number of rotatable bonds is 9. The van der Waals surface area contributed by atoms with Crippen molar-refractivity contribution in [2.45, 2.75) is 36.6 Å². The average molecular weight is 513 g/mol. The largest absolute Gasteiger partial charge is 0.484 e. The Bertz CT molecular complexity index is 1310. The highest BCUT2D eigenvalue weighted by Crippen LogP contribution is 2.24. The molecule has 7 nitrogen and oxygen atoms in total. The van der Waals surface area contributed by atoms with Gasteiger partial charge in [0.2, 0.25) is 10.0 Å². The number of ketones is 1. The quantitative estimate of drug-likeness (QED) is 0.401. The number of carbonyl (C=O) groups is 2. The molecule has 35 heavy (non-hydrogen) atoms. The van der Waals surface area contributed by atoms with Crippen LogP contribution in [0.25, 0.3) is 0 Å². The van der Waals surface area contributed by atoms with Crippen molar-refractivity contribution < 1.29 is 22.7 Å². The zero-order valence-electron chi connectivity index (χ0n) is 18.9. The van der Waals surface area contributed by atoms with Crippen molar-refractivity contribution in [3.05, 3.63) is 88.9 Å². The minimum absolute atomic E-state index is 0.0221. The average Bonchev–Trinajstić information content (AvgIpc) is 3.36. The lowest BCUT2D eigenvalue weighted by Crippen LogP contribution is -2.32. The number of benzene rings is 3. The molecule has 0 radical (unpaired) electrons. The Balaban J connectivity index is 1.38. The van der Waals surface area contributed by atoms with Gasteiger partial charge >= 0.3 is 0 Å². The van der Waals surface area contributed by atoms with Gasteiger partial charge in [-0.05, 0) is 55.3 Å². The zero-order chi connectivity index (χ0) is 24.8. The molecule has 1 aliphatic carbocycles. The van der Waals surface area contributed by atoms with Gasteiger partial charge in [0.15, 0.2) is 12.4 Å². The summed E-state index contributed by atoms with van der Waals surface area (Å²) in [6.45, 7) is -0.325. The number of carbonyl (C=O) groups excluding carboxylic acids is 2. The summed E-state index contributed by atoms with van der Waals surface area (Å²) in [5, 5.41) is 3.06. The van der Waals surface area contributed by atoms with E-state index in [-0.39, 0.29) is 28.9 Å². The van der Waals surface area contributed by atoms with Crippen molar-refractivity contribution in [2.24, 2.45) is 0 Å². The maximum Gasteiger partial charge on any atom is 0.262 e. The van der Waals surface area contributed by atoms with Crippen LogP contribution in [0.5, 0.6) is 5.75 Å². The Hall–Kier alpha value is -3.20. The molecule has 0 spiro atoms. The second-order valence-electron chi connectivity index (χ2n) is 8.30. The SMILES string of the molecule is O=C(COc1ccc(S(=O)(=O)NC2CCCC2)cc1)Nc1ccc(Cl)cc1C(=O)c1ccccc1. The van der Waals surface area contributed by atoms with Gasteiger partial charge in [-0.25, -0.2) is 13.1 Å². The first-order valence-corrected chi connectivity index (χ1v) is 13.1. The van der Waals surface area contributed by atoms with Crippen LogP contribution in [-0.2, 0) is 14.8 Å². The van der Waals surface area contributed by atoms with E-state index in [4.69, 9.17) is 16.3 Å². The first-order valence-electron chi connectivity index (χ1n) is 11.3. The molecule has 2 N–H and O–H groups in total. The lowest BCUT2D eigenvalue weighted by molar-refractivity contribution is -0.118. The second kappa shape index (κ2) is 11.0.